The Morgan fingerprint density at radius 1 is 0.792 bits per heavy atom. The van der Waals surface area contributed by atoms with Crippen LogP contribution in [0.3, 0.4) is 0 Å². The number of anilines is 2. The highest BCUT2D eigenvalue weighted by atomic mass is 16.5. The average Bonchev–Trinajstić information content (AvgIpc) is 3.06. The van der Waals surface area contributed by atoms with Crippen LogP contribution in [0.2, 0.25) is 0 Å². The second-order valence-corrected chi connectivity index (χ2v) is 5.63. The van der Waals surface area contributed by atoms with Gasteiger partial charge in [0.15, 0.2) is 17.3 Å². The van der Waals surface area contributed by atoms with Gasteiger partial charge in [0.05, 0.1) is 11.4 Å². The van der Waals surface area contributed by atoms with Crippen LogP contribution >= 0.6 is 0 Å². The minimum atomic E-state index is -0.195. The number of fused-ring (bicyclic) bond motifs is 2. The molecule has 5 nitrogen and oxygen atoms in total. The van der Waals surface area contributed by atoms with Gasteiger partial charge in [0, 0.05) is 26.2 Å². The maximum atomic E-state index is 12.4. The number of ketones is 1. The van der Waals surface area contributed by atoms with Crippen molar-refractivity contribution in [3.8, 4) is 11.5 Å². The van der Waals surface area contributed by atoms with Crippen molar-refractivity contribution in [1.29, 1.82) is 0 Å². The van der Waals surface area contributed by atoms with Crippen molar-refractivity contribution in [3.63, 3.8) is 0 Å². The highest BCUT2D eigenvalue weighted by Crippen LogP contribution is 2.38. The Bertz CT molecular complexity index is 814. The van der Waals surface area contributed by atoms with Crippen molar-refractivity contribution < 1.29 is 14.3 Å². The highest BCUT2D eigenvalue weighted by molar-refractivity contribution is 6.01. The molecule has 0 saturated carbocycles. The van der Waals surface area contributed by atoms with Gasteiger partial charge in [-0.3, -0.25) is 4.79 Å². The molecule has 2 aromatic carbocycles. The average molecular weight is 320 g/mol. The summed E-state index contributed by atoms with van der Waals surface area (Å²) in [5.74, 6) is 2.29. The van der Waals surface area contributed by atoms with Crippen LogP contribution in [0.4, 0.5) is 11.4 Å². The van der Waals surface area contributed by atoms with Gasteiger partial charge < -0.3 is 19.3 Å². The summed E-state index contributed by atoms with van der Waals surface area (Å²) >= 11 is 0. The van der Waals surface area contributed by atoms with E-state index in [4.69, 9.17) is 9.47 Å². The first-order valence-electron chi connectivity index (χ1n) is 7.62. The summed E-state index contributed by atoms with van der Waals surface area (Å²) in [4.78, 5) is 16.1. The van der Waals surface area contributed by atoms with Gasteiger partial charge in [-0.2, -0.15) is 0 Å². The number of rotatable bonds is 2. The number of hydrogen-bond acceptors (Lipinski definition) is 5. The van der Waals surface area contributed by atoms with E-state index in [0.717, 1.165) is 22.9 Å². The lowest BCUT2D eigenvalue weighted by atomic mass is 10.3. The molecule has 4 rings (SSSR count). The van der Waals surface area contributed by atoms with E-state index >= 15 is 0 Å². The van der Waals surface area contributed by atoms with Crippen molar-refractivity contribution in [2.75, 3.05) is 23.9 Å². The predicted molar refractivity (Wildman–Crippen MR) is 92.1 cm³/mol. The zero-order valence-corrected chi connectivity index (χ0v) is 13.4. The monoisotopic (exact) mass is 320 g/mol. The Hall–Kier alpha value is -3.21. The van der Waals surface area contributed by atoms with Crippen LogP contribution in [0.15, 0.2) is 72.4 Å². The summed E-state index contributed by atoms with van der Waals surface area (Å²) in [5.41, 5.74) is 1.87. The van der Waals surface area contributed by atoms with Gasteiger partial charge in [0.2, 0.25) is 11.8 Å². The van der Waals surface area contributed by atoms with E-state index in [2.05, 4.69) is 0 Å². The molecule has 0 radical (unpaired) electrons. The molecule has 0 amide bonds. The third-order valence-electron chi connectivity index (χ3n) is 4.07. The zero-order chi connectivity index (χ0) is 16.7. The third kappa shape index (κ3) is 2.31. The molecule has 0 N–H and O–H groups in total. The van der Waals surface area contributed by atoms with E-state index in [1.807, 2.05) is 72.4 Å². The topological polar surface area (TPSA) is 42.0 Å². The second-order valence-electron chi connectivity index (χ2n) is 5.63. The van der Waals surface area contributed by atoms with Gasteiger partial charge in [-0.05, 0) is 24.3 Å². The molecule has 0 unspecified atom stereocenters. The molecule has 0 aliphatic carbocycles. The molecule has 2 heterocycles. The summed E-state index contributed by atoms with van der Waals surface area (Å²) in [6.45, 7) is 0. The smallest absolute Gasteiger partial charge is 0.204 e. The molecule has 120 valence electrons. The Morgan fingerprint density at radius 2 is 1.21 bits per heavy atom. The molecule has 0 spiro atoms. The molecular weight excluding hydrogens is 304 g/mol. The van der Waals surface area contributed by atoms with Crippen molar-refractivity contribution in [2.45, 2.75) is 0 Å². The van der Waals surface area contributed by atoms with E-state index in [1.165, 1.54) is 12.2 Å². The number of hydrogen-bond donors (Lipinski definition) is 0. The van der Waals surface area contributed by atoms with Gasteiger partial charge in [-0.1, -0.05) is 24.3 Å². The Morgan fingerprint density at radius 3 is 1.62 bits per heavy atom. The van der Waals surface area contributed by atoms with Gasteiger partial charge in [-0.25, -0.2) is 0 Å². The fourth-order valence-corrected chi connectivity index (χ4v) is 2.78. The van der Waals surface area contributed by atoms with Crippen LogP contribution < -0.4 is 19.3 Å². The second kappa shape index (κ2) is 5.45. The number of carbonyl (C=O) groups excluding carboxylic acids is 1. The number of allylic oxidation sites excluding steroid dienone is 2. The van der Waals surface area contributed by atoms with Crippen LogP contribution in [0.25, 0.3) is 0 Å². The minimum Gasteiger partial charge on any atom is -0.438 e. The maximum Gasteiger partial charge on any atom is 0.204 e. The molecule has 0 atom stereocenters. The Balaban J connectivity index is 1.56. The molecule has 0 aromatic heterocycles. The molecular formula is C19H16N2O3. The van der Waals surface area contributed by atoms with E-state index in [1.54, 1.807) is 0 Å². The van der Waals surface area contributed by atoms with Crippen LogP contribution in [0, 0.1) is 0 Å². The van der Waals surface area contributed by atoms with Crippen molar-refractivity contribution in [1.82, 2.24) is 0 Å². The van der Waals surface area contributed by atoms with Crippen LogP contribution in [-0.2, 0) is 4.79 Å². The molecule has 0 fully saturated rings. The quantitative estimate of drug-likeness (QED) is 0.794. The fourth-order valence-electron chi connectivity index (χ4n) is 2.78. The van der Waals surface area contributed by atoms with Crippen LogP contribution in [0.5, 0.6) is 11.5 Å². The fraction of sp³-hybridized carbons (Fsp3) is 0.105. The summed E-state index contributed by atoms with van der Waals surface area (Å²) in [6, 6.07) is 15.3. The highest BCUT2D eigenvalue weighted by Gasteiger charge is 2.25. The standard InChI is InChI=1S/C19H16N2O3/c1-20-14-7-3-5-9-16(14)23-18(20)11-13(22)12-19-21(2)15-8-4-6-10-17(15)24-19/h3-12H,1-2H3. The van der Waals surface area contributed by atoms with E-state index < -0.39 is 0 Å². The normalized spacial score (nSPS) is 18.4. The lowest BCUT2D eigenvalue weighted by Crippen LogP contribution is -2.17. The van der Waals surface area contributed by atoms with E-state index in [0.29, 0.717) is 11.8 Å². The van der Waals surface area contributed by atoms with E-state index in [-0.39, 0.29) is 5.78 Å². The zero-order valence-electron chi connectivity index (χ0n) is 13.4. The number of para-hydroxylation sites is 4. The SMILES string of the molecule is CN1C(=CC(=O)C=C2Oc3ccccc3N2C)Oc2ccccc21. The minimum absolute atomic E-state index is 0.195. The number of nitrogens with zero attached hydrogens (tertiary/aromatic N) is 2. The molecule has 2 aromatic rings. The lowest BCUT2D eigenvalue weighted by Gasteiger charge is -2.11. The first-order valence-corrected chi connectivity index (χ1v) is 7.62. The predicted octanol–water partition coefficient (Wildman–Crippen LogP) is 3.30. The first kappa shape index (κ1) is 14.4. The Kier molecular flexibility index (Phi) is 3.27. The summed E-state index contributed by atoms with van der Waals surface area (Å²) in [7, 11) is 3.73. The number of ether oxygens (including phenoxy) is 2. The van der Waals surface area contributed by atoms with Crippen LogP contribution in [-0.4, -0.2) is 19.9 Å². The number of carbonyl (C=O) groups is 1. The largest absolute Gasteiger partial charge is 0.438 e. The van der Waals surface area contributed by atoms with Crippen LogP contribution in [0.1, 0.15) is 0 Å². The van der Waals surface area contributed by atoms with Crippen molar-refractivity contribution in [2.24, 2.45) is 0 Å². The van der Waals surface area contributed by atoms with Gasteiger partial charge >= 0.3 is 0 Å². The molecule has 24 heavy (non-hydrogen) atoms. The van der Waals surface area contributed by atoms with Gasteiger partial charge in [-0.15, -0.1) is 0 Å². The van der Waals surface area contributed by atoms with Gasteiger partial charge in [0.25, 0.3) is 0 Å². The Labute approximate surface area is 140 Å². The lowest BCUT2D eigenvalue weighted by molar-refractivity contribution is -0.110. The van der Waals surface area contributed by atoms with Gasteiger partial charge in [0.1, 0.15) is 0 Å². The van der Waals surface area contributed by atoms with Crippen molar-refractivity contribution >= 4 is 17.2 Å². The summed E-state index contributed by atoms with van der Waals surface area (Å²) in [5, 5.41) is 0. The molecule has 2 aliphatic heterocycles. The molecule has 0 saturated heterocycles. The molecule has 2 aliphatic rings. The molecule has 0 bridgehead atoms. The van der Waals surface area contributed by atoms with E-state index in [9.17, 15) is 4.79 Å². The summed E-state index contributed by atoms with van der Waals surface area (Å²) in [6.07, 6.45) is 2.93. The van der Waals surface area contributed by atoms with Crippen molar-refractivity contribution in [3.05, 3.63) is 72.4 Å². The first-order chi connectivity index (χ1) is 11.6. The molecule has 5 heteroatoms. The third-order valence-corrected chi connectivity index (χ3v) is 4.07. The maximum absolute atomic E-state index is 12.4. The summed E-state index contributed by atoms with van der Waals surface area (Å²) < 4.78 is 11.5. The number of benzene rings is 2.